The van der Waals surface area contributed by atoms with Gasteiger partial charge in [-0.2, -0.15) is 13.5 Å². The van der Waals surface area contributed by atoms with Crippen LogP contribution in [0.5, 0.6) is 5.75 Å². The highest BCUT2D eigenvalue weighted by atomic mass is 32.2. The van der Waals surface area contributed by atoms with Gasteiger partial charge in [0.05, 0.1) is 33.6 Å². The Hall–Kier alpha value is -5.61. The van der Waals surface area contributed by atoms with Crippen LogP contribution in [0.25, 0.3) is 44.4 Å². The van der Waals surface area contributed by atoms with Crippen molar-refractivity contribution in [3.05, 3.63) is 100 Å². The number of Topliss-reactive ketones (excluding diaryl/α,β-unsaturated/α-hetero) is 1. The molecule has 8 rings (SSSR count). The summed E-state index contributed by atoms with van der Waals surface area (Å²) in [6.45, 7) is 9.19. The van der Waals surface area contributed by atoms with Gasteiger partial charge in [-0.3, -0.25) is 14.1 Å². The molecule has 3 N–H and O–H groups in total. The third-order valence-corrected chi connectivity index (χ3v) is 12.3. The molecule has 2 fully saturated rings. The molecule has 298 valence electrons. The minimum Gasteiger partial charge on any atom is -0.488 e. The summed E-state index contributed by atoms with van der Waals surface area (Å²) in [4.78, 5) is 34.1. The first-order chi connectivity index (χ1) is 26.8. The van der Waals surface area contributed by atoms with Gasteiger partial charge in [-0.1, -0.05) is 26.0 Å². The van der Waals surface area contributed by atoms with E-state index in [0.29, 0.717) is 35.1 Å². The number of ketones is 1. The summed E-state index contributed by atoms with van der Waals surface area (Å²) in [6.07, 6.45) is 3.01. The Labute approximate surface area is 325 Å². The van der Waals surface area contributed by atoms with E-state index < -0.39 is 50.2 Å². The van der Waals surface area contributed by atoms with Crippen molar-refractivity contribution < 1.29 is 40.1 Å². The Kier molecular flexibility index (Phi) is 10.0. The van der Waals surface area contributed by atoms with Gasteiger partial charge in [-0.25, -0.2) is 27.8 Å². The van der Waals surface area contributed by atoms with Crippen LogP contribution >= 0.6 is 0 Å². The van der Waals surface area contributed by atoms with Crippen molar-refractivity contribution in [2.24, 2.45) is 16.7 Å². The second-order valence-electron chi connectivity index (χ2n) is 15.5. The number of fused-ring (bicyclic) bond motifs is 4. The Morgan fingerprint density at radius 1 is 1.00 bits per heavy atom. The van der Waals surface area contributed by atoms with E-state index in [9.17, 15) is 31.2 Å². The highest BCUT2D eigenvalue weighted by Crippen LogP contribution is 2.64. The molecule has 3 aromatic heterocycles. The van der Waals surface area contributed by atoms with E-state index in [0.717, 1.165) is 12.5 Å². The third kappa shape index (κ3) is 7.05. The normalized spacial score (nSPS) is 19.3. The van der Waals surface area contributed by atoms with Crippen molar-refractivity contribution in [2.75, 3.05) is 11.5 Å². The SMILES string of the molecule is CC(C)Oc1ccc(-c2nn(C(C)c3oc4ccc(F)cc4c(=O)c3-c3cccc(F)c3)c3ncnc(N)c23)cc1F.CC1(C)C2CCC1(CS(=O)(=O)O)C(=O)C2. The molecule has 3 atom stereocenters. The topological polar surface area (TPSA) is 180 Å². The number of anilines is 1. The molecule has 3 unspecified atom stereocenters. The maximum absolute atomic E-state index is 15.0. The Balaban J connectivity index is 0.000000277. The van der Waals surface area contributed by atoms with Crippen molar-refractivity contribution in [1.82, 2.24) is 19.7 Å². The average Bonchev–Trinajstić information content (AvgIpc) is 3.70. The van der Waals surface area contributed by atoms with E-state index in [1.165, 1.54) is 53.5 Å². The molecule has 6 aromatic rings. The number of hydrogen-bond donors (Lipinski definition) is 2. The summed E-state index contributed by atoms with van der Waals surface area (Å²) in [5, 5.41) is 5.10. The highest BCUT2D eigenvalue weighted by Gasteiger charge is 2.65. The largest absolute Gasteiger partial charge is 0.488 e. The average molecular weight is 804 g/mol. The van der Waals surface area contributed by atoms with Crippen molar-refractivity contribution in [3.8, 4) is 28.1 Å². The van der Waals surface area contributed by atoms with E-state index in [-0.39, 0.29) is 62.6 Å². The van der Waals surface area contributed by atoms with Crippen LogP contribution in [0.2, 0.25) is 0 Å². The zero-order valence-electron chi connectivity index (χ0n) is 31.7. The number of nitrogens with zero attached hydrogens (tertiary/aromatic N) is 4. The summed E-state index contributed by atoms with van der Waals surface area (Å²) in [6, 6.07) is 12.7. The van der Waals surface area contributed by atoms with Gasteiger partial charge in [-0.05, 0) is 99.0 Å². The Morgan fingerprint density at radius 3 is 2.37 bits per heavy atom. The molecule has 0 radical (unpaired) electrons. The van der Waals surface area contributed by atoms with Crippen molar-refractivity contribution in [1.29, 1.82) is 0 Å². The van der Waals surface area contributed by atoms with Crippen molar-refractivity contribution in [2.45, 2.75) is 66.0 Å². The Bertz CT molecular complexity index is 2750. The van der Waals surface area contributed by atoms with Gasteiger partial charge >= 0.3 is 0 Å². The fraction of sp³-hybridized carbons (Fsp3) is 0.341. The number of ether oxygens (including phenoxy) is 1. The number of rotatable bonds is 8. The van der Waals surface area contributed by atoms with Gasteiger partial charge in [0.15, 0.2) is 17.2 Å². The van der Waals surface area contributed by atoms with E-state index in [4.69, 9.17) is 24.5 Å². The van der Waals surface area contributed by atoms with Gasteiger partial charge in [0.25, 0.3) is 10.1 Å². The van der Waals surface area contributed by atoms with Crippen LogP contribution in [-0.4, -0.2) is 50.4 Å². The van der Waals surface area contributed by atoms with Gasteiger partial charge in [0, 0.05) is 12.0 Å². The van der Waals surface area contributed by atoms with Crippen molar-refractivity contribution in [3.63, 3.8) is 0 Å². The molecule has 0 amide bonds. The lowest BCUT2D eigenvalue weighted by molar-refractivity contribution is -0.128. The number of carbonyl (C=O) groups is 1. The number of hydrogen-bond acceptors (Lipinski definition) is 10. The minimum absolute atomic E-state index is 0.00183. The molecule has 0 saturated heterocycles. The number of carbonyl (C=O) groups excluding carboxylic acids is 1. The highest BCUT2D eigenvalue weighted by molar-refractivity contribution is 7.85. The summed E-state index contributed by atoms with van der Waals surface area (Å²) < 4.78 is 87.6. The van der Waals surface area contributed by atoms with Crippen LogP contribution < -0.4 is 15.9 Å². The van der Waals surface area contributed by atoms with E-state index >= 15 is 0 Å². The van der Waals surface area contributed by atoms with Crippen LogP contribution in [0.1, 0.15) is 65.7 Å². The smallest absolute Gasteiger partial charge is 0.265 e. The predicted octanol–water partition coefficient (Wildman–Crippen LogP) is 7.93. The quantitative estimate of drug-likeness (QED) is 0.143. The molecule has 2 bridgehead atoms. The van der Waals surface area contributed by atoms with Gasteiger partial charge < -0.3 is 14.9 Å². The molecule has 0 aliphatic heterocycles. The van der Waals surface area contributed by atoms with Crippen LogP contribution in [0.3, 0.4) is 0 Å². The molecule has 3 aromatic carbocycles. The second-order valence-corrected chi connectivity index (χ2v) is 16.9. The molecule has 0 spiro atoms. The number of aromatic nitrogens is 4. The lowest BCUT2D eigenvalue weighted by atomic mass is 9.70. The molecule has 12 nitrogen and oxygen atoms in total. The summed E-state index contributed by atoms with van der Waals surface area (Å²) in [5.74, 6) is -1.55. The molecule has 2 saturated carbocycles. The zero-order valence-corrected chi connectivity index (χ0v) is 32.5. The zero-order chi connectivity index (χ0) is 41.2. The van der Waals surface area contributed by atoms with Crippen LogP contribution in [0, 0.1) is 34.2 Å². The first-order valence-corrected chi connectivity index (χ1v) is 19.9. The standard InChI is InChI=1S/C31H24F3N5O3.C10H16O4S/c1-15(2)41-24-9-7-18(12-22(24)34)27-26-30(35)36-14-37-31(26)39(38-27)16(3)29-25(17-5-4-6-19(32)11-17)28(40)21-13-20(33)8-10-23(21)42-29;1-9(2)7-3-4-10(9,8(11)5-7)6-15(12,13)14/h4-16H,1-3H3,(H2,35,36,37);7H,3-6H2,1-2H3,(H,12,13,14). The second kappa shape index (κ2) is 14.4. The third-order valence-electron chi connectivity index (χ3n) is 11.4. The van der Waals surface area contributed by atoms with Gasteiger partial charge in [0.1, 0.15) is 52.6 Å². The van der Waals surface area contributed by atoms with E-state index in [2.05, 4.69) is 9.97 Å². The minimum atomic E-state index is -4.08. The molecule has 2 aliphatic rings. The molecular formula is C41H40F3N5O7S. The lowest BCUT2D eigenvalue weighted by Gasteiger charge is -2.35. The van der Waals surface area contributed by atoms with Crippen molar-refractivity contribution >= 4 is 43.7 Å². The molecule has 3 heterocycles. The summed E-state index contributed by atoms with van der Waals surface area (Å²) in [7, 11) is -4.08. The molecule has 16 heteroatoms. The molecular weight excluding hydrogens is 764 g/mol. The number of nitrogens with two attached hydrogens (primary N) is 1. The fourth-order valence-electron chi connectivity index (χ4n) is 8.39. The first kappa shape index (κ1) is 39.6. The fourth-order valence-corrected chi connectivity index (χ4v) is 9.69. The first-order valence-electron chi connectivity index (χ1n) is 18.3. The van der Waals surface area contributed by atoms with Crippen LogP contribution in [0.15, 0.2) is 76.2 Å². The molecule has 2 aliphatic carbocycles. The van der Waals surface area contributed by atoms with Gasteiger partial charge in [0.2, 0.25) is 5.43 Å². The van der Waals surface area contributed by atoms with Crippen LogP contribution in [0.4, 0.5) is 19.0 Å². The van der Waals surface area contributed by atoms with Gasteiger partial charge in [-0.15, -0.1) is 0 Å². The number of halogens is 3. The molecule has 57 heavy (non-hydrogen) atoms. The number of benzene rings is 3. The lowest BCUT2D eigenvalue weighted by Crippen LogP contribution is -2.42. The number of nitrogen functional groups attached to an aromatic ring is 1. The summed E-state index contributed by atoms with van der Waals surface area (Å²) in [5.41, 5.74) is 5.98. The van der Waals surface area contributed by atoms with E-state index in [1.54, 1.807) is 32.9 Å². The van der Waals surface area contributed by atoms with Crippen LogP contribution in [-0.2, 0) is 14.9 Å². The Morgan fingerprint density at radius 2 is 1.74 bits per heavy atom. The monoisotopic (exact) mass is 803 g/mol. The maximum atomic E-state index is 15.0. The maximum Gasteiger partial charge on any atom is 0.265 e. The van der Waals surface area contributed by atoms with E-state index in [1.807, 2.05) is 13.8 Å². The summed E-state index contributed by atoms with van der Waals surface area (Å²) >= 11 is 0. The predicted molar refractivity (Wildman–Crippen MR) is 208 cm³/mol.